The molecule has 7 heteroatoms. The number of methoxy groups -OCH3 is 1. The molecular formula is C21H22N2O5. The van der Waals surface area contributed by atoms with E-state index in [-0.39, 0.29) is 12.2 Å². The highest BCUT2D eigenvalue weighted by Gasteiger charge is 2.56. The van der Waals surface area contributed by atoms with Crippen LogP contribution in [-0.2, 0) is 14.3 Å². The quantitative estimate of drug-likeness (QED) is 0.566. The van der Waals surface area contributed by atoms with E-state index in [1.54, 1.807) is 55.5 Å². The van der Waals surface area contributed by atoms with Crippen LogP contribution in [0.15, 0.2) is 48.5 Å². The van der Waals surface area contributed by atoms with Crippen molar-refractivity contribution in [1.82, 2.24) is 0 Å². The van der Waals surface area contributed by atoms with Crippen molar-refractivity contribution in [3.05, 3.63) is 54.1 Å². The van der Waals surface area contributed by atoms with Crippen LogP contribution in [-0.4, -0.2) is 31.5 Å². The number of carbonyl (C=O) groups excluding carboxylic acids is 3. The molecule has 0 saturated heterocycles. The van der Waals surface area contributed by atoms with Gasteiger partial charge in [-0.2, -0.15) is 0 Å². The summed E-state index contributed by atoms with van der Waals surface area (Å²) in [5.74, 6) is -0.860. The lowest BCUT2D eigenvalue weighted by Crippen LogP contribution is -2.36. The monoisotopic (exact) mass is 382 g/mol. The summed E-state index contributed by atoms with van der Waals surface area (Å²) in [7, 11) is 1.51. The molecule has 0 bridgehead atoms. The number of ether oxygens (including phenoxy) is 2. The first kappa shape index (κ1) is 19.4. The van der Waals surface area contributed by atoms with Crippen molar-refractivity contribution in [3.63, 3.8) is 0 Å². The summed E-state index contributed by atoms with van der Waals surface area (Å²) in [5.41, 5.74) is -0.0928. The van der Waals surface area contributed by atoms with E-state index in [9.17, 15) is 14.4 Å². The first-order valence-corrected chi connectivity index (χ1v) is 9.04. The lowest BCUT2D eigenvalue weighted by molar-refractivity contribution is -0.131. The Kier molecular flexibility index (Phi) is 5.63. The van der Waals surface area contributed by atoms with Gasteiger partial charge in [-0.25, -0.2) is 4.79 Å². The van der Waals surface area contributed by atoms with Gasteiger partial charge in [0.05, 0.1) is 30.7 Å². The molecule has 1 aliphatic carbocycles. The lowest BCUT2D eigenvalue weighted by atomic mass is 10.0. The maximum absolute atomic E-state index is 12.9. The second-order valence-electron chi connectivity index (χ2n) is 6.46. The SMILES string of the molecule is CCOC(=O)c1ccccc1NC(=O)C1(C(=O)Nc2ccccc2OC)CC1. The van der Waals surface area contributed by atoms with E-state index in [4.69, 9.17) is 9.47 Å². The van der Waals surface area contributed by atoms with Crippen molar-refractivity contribution in [1.29, 1.82) is 0 Å². The van der Waals surface area contributed by atoms with Crippen LogP contribution >= 0.6 is 0 Å². The molecule has 2 N–H and O–H groups in total. The van der Waals surface area contributed by atoms with E-state index in [2.05, 4.69) is 10.6 Å². The number of benzene rings is 2. The van der Waals surface area contributed by atoms with Crippen molar-refractivity contribution in [2.24, 2.45) is 5.41 Å². The van der Waals surface area contributed by atoms with Gasteiger partial charge < -0.3 is 20.1 Å². The summed E-state index contributed by atoms with van der Waals surface area (Å²) >= 11 is 0. The highest BCUT2D eigenvalue weighted by atomic mass is 16.5. The van der Waals surface area contributed by atoms with E-state index >= 15 is 0 Å². The average Bonchev–Trinajstić information content (AvgIpc) is 3.51. The molecule has 0 unspecified atom stereocenters. The minimum absolute atomic E-state index is 0.229. The number of esters is 1. The number of anilines is 2. The highest BCUT2D eigenvalue weighted by molar-refractivity contribution is 6.18. The van der Waals surface area contributed by atoms with Crippen LogP contribution in [0.4, 0.5) is 11.4 Å². The Morgan fingerprint density at radius 3 is 2.11 bits per heavy atom. The molecule has 1 saturated carbocycles. The van der Waals surface area contributed by atoms with Gasteiger partial charge in [0.15, 0.2) is 0 Å². The minimum Gasteiger partial charge on any atom is -0.495 e. The number of carbonyl (C=O) groups is 3. The largest absolute Gasteiger partial charge is 0.495 e. The van der Waals surface area contributed by atoms with E-state index in [1.165, 1.54) is 7.11 Å². The smallest absolute Gasteiger partial charge is 0.340 e. The van der Waals surface area contributed by atoms with Crippen molar-refractivity contribution >= 4 is 29.2 Å². The van der Waals surface area contributed by atoms with Crippen molar-refractivity contribution in [3.8, 4) is 5.75 Å². The van der Waals surface area contributed by atoms with Gasteiger partial charge in [-0.3, -0.25) is 9.59 Å². The first-order chi connectivity index (χ1) is 13.5. The van der Waals surface area contributed by atoms with Gasteiger partial charge in [0.25, 0.3) is 0 Å². The van der Waals surface area contributed by atoms with E-state index in [0.29, 0.717) is 30.0 Å². The zero-order valence-electron chi connectivity index (χ0n) is 15.8. The second-order valence-corrected chi connectivity index (χ2v) is 6.46. The van der Waals surface area contributed by atoms with Crippen LogP contribution in [0.3, 0.4) is 0 Å². The molecule has 0 spiro atoms. The molecule has 1 fully saturated rings. The number of hydrogen-bond acceptors (Lipinski definition) is 5. The average molecular weight is 382 g/mol. The number of para-hydroxylation sites is 3. The van der Waals surface area contributed by atoms with Crippen molar-refractivity contribution in [2.45, 2.75) is 19.8 Å². The molecule has 0 atom stereocenters. The van der Waals surface area contributed by atoms with Gasteiger partial charge in [-0.1, -0.05) is 24.3 Å². The third-order valence-corrected chi connectivity index (χ3v) is 4.65. The van der Waals surface area contributed by atoms with Crippen LogP contribution in [0.25, 0.3) is 0 Å². The molecule has 1 aliphatic rings. The van der Waals surface area contributed by atoms with Gasteiger partial charge in [-0.15, -0.1) is 0 Å². The standard InChI is InChI=1S/C21H22N2O5/c1-3-28-18(24)14-8-4-5-9-15(14)22-19(25)21(12-13-21)20(26)23-16-10-6-7-11-17(16)27-2/h4-11H,3,12-13H2,1-2H3,(H,22,25)(H,23,26). The van der Waals surface area contributed by atoms with Crippen LogP contribution in [0, 0.1) is 5.41 Å². The van der Waals surface area contributed by atoms with Crippen LogP contribution < -0.4 is 15.4 Å². The van der Waals surface area contributed by atoms with Crippen LogP contribution in [0.1, 0.15) is 30.1 Å². The fourth-order valence-corrected chi connectivity index (χ4v) is 2.89. The molecule has 0 radical (unpaired) electrons. The topological polar surface area (TPSA) is 93.7 Å². The summed E-state index contributed by atoms with van der Waals surface area (Å²) < 4.78 is 10.3. The second kappa shape index (κ2) is 8.12. The third kappa shape index (κ3) is 3.83. The minimum atomic E-state index is -1.16. The third-order valence-electron chi connectivity index (χ3n) is 4.65. The molecular weight excluding hydrogens is 360 g/mol. The molecule has 3 rings (SSSR count). The Morgan fingerprint density at radius 2 is 1.50 bits per heavy atom. The molecule has 7 nitrogen and oxygen atoms in total. The summed E-state index contributed by atoms with van der Waals surface area (Å²) in [5, 5.41) is 5.49. The number of nitrogens with one attached hydrogen (secondary N) is 2. The predicted octanol–water partition coefficient (Wildman–Crippen LogP) is 3.23. The molecule has 0 heterocycles. The zero-order valence-corrected chi connectivity index (χ0v) is 15.8. The molecule has 0 aromatic heterocycles. The van der Waals surface area contributed by atoms with Crippen molar-refractivity contribution in [2.75, 3.05) is 24.4 Å². The number of hydrogen-bond donors (Lipinski definition) is 2. The first-order valence-electron chi connectivity index (χ1n) is 9.04. The summed E-state index contributed by atoms with van der Waals surface area (Å²) in [6, 6.07) is 13.6. The van der Waals surface area contributed by atoms with Crippen LogP contribution in [0.5, 0.6) is 5.75 Å². The van der Waals surface area contributed by atoms with Gasteiger partial charge in [0.1, 0.15) is 11.2 Å². The Morgan fingerprint density at radius 1 is 0.929 bits per heavy atom. The summed E-state index contributed by atoms with van der Waals surface area (Å²) in [6.45, 7) is 1.94. The molecule has 146 valence electrons. The van der Waals surface area contributed by atoms with Crippen LogP contribution in [0.2, 0.25) is 0 Å². The number of amides is 2. The molecule has 2 amide bonds. The highest BCUT2D eigenvalue weighted by Crippen LogP contribution is 2.48. The van der Waals surface area contributed by atoms with Gasteiger partial charge >= 0.3 is 5.97 Å². The molecule has 0 aliphatic heterocycles. The summed E-state index contributed by atoms with van der Waals surface area (Å²) in [6.07, 6.45) is 0.864. The Hall–Kier alpha value is -3.35. The van der Waals surface area contributed by atoms with Gasteiger partial charge in [0.2, 0.25) is 11.8 Å². The fourth-order valence-electron chi connectivity index (χ4n) is 2.89. The van der Waals surface area contributed by atoms with Gasteiger partial charge in [0, 0.05) is 0 Å². The Labute approximate surface area is 163 Å². The zero-order chi connectivity index (χ0) is 20.1. The maximum Gasteiger partial charge on any atom is 0.340 e. The normalized spacial score (nSPS) is 13.9. The Bertz CT molecular complexity index is 905. The molecule has 2 aromatic rings. The maximum atomic E-state index is 12.9. The lowest BCUT2D eigenvalue weighted by Gasteiger charge is -2.17. The number of rotatable bonds is 7. The molecule has 2 aromatic carbocycles. The van der Waals surface area contributed by atoms with Gasteiger partial charge in [-0.05, 0) is 44.0 Å². The van der Waals surface area contributed by atoms with E-state index < -0.39 is 23.2 Å². The Balaban J connectivity index is 1.76. The summed E-state index contributed by atoms with van der Waals surface area (Å²) in [4.78, 5) is 37.8. The predicted molar refractivity (Wildman–Crippen MR) is 104 cm³/mol. The molecule has 28 heavy (non-hydrogen) atoms. The fraction of sp³-hybridized carbons (Fsp3) is 0.286. The van der Waals surface area contributed by atoms with E-state index in [1.807, 2.05) is 0 Å². The van der Waals surface area contributed by atoms with Crippen molar-refractivity contribution < 1.29 is 23.9 Å². The van der Waals surface area contributed by atoms with E-state index in [0.717, 1.165) is 0 Å².